The van der Waals surface area contributed by atoms with Gasteiger partial charge in [-0.3, -0.25) is 0 Å². The van der Waals surface area contributed by atoms with Crippen LogP contribution in [0.15, 0.2) is 42.5 Å². The van der Waals surface area contributed by atoms with Gasteiger partial charge >= 0.3 is 0 Å². The summed E-state index contributed by atoms with van der Waals surface area (Å²) in [7, 11) is 0. The first kappa shape index (κ1) is 10.6. The van der Waals surface area contributed by atoms with E-state index in [1.54, 1.807) is 24.3 Å². The third-order valence-electron chi connectivity index (χ3n) is 2.38. The van der Waals surface area contributed by atoms with Gasteiger partial charge in [0.1, 0.15) is 11.6 Å². The topological polar surface area (TPSA) is 26.0 Å². The van der Waals surface area contributed by atoms with Gasteiger partial charge in [-0.2, -0.15) is 0 Å². The molecule has 0 aromatic heterocycles. The summed E-state index contributed by atoms with van der Waals surface area (Å²) >= 11 is 0. The second-order valence-corrected chi connectivity index (χ2v) is 3.65. The second kappa shape index (κ2) is 4.31. The zero-order chi connectivity index (χ0) is 11.5. The van der Waals surface area contributed by atoms with Gasteiger partial charge in [-0.1, -0.05) is 12.1 Å². The summed E-state index contributed by atoms with van der Waals surface area (Å²) in [5.41, 5.74) is 7.45. The van der Waals surface area contributed by atoms with Gasteiger partial charge in [0, 0.05) is 12.1 Å². The molecular weight excluding hydrogens is 208 g/mol. The summed E-state index contributed by atoms with van der Waals surface area (Å²) in [5.74, 6) is -0.815. The summed E-state index contributed by atoms with van der Waals surface area (Å²) in [6.07, 6.45) is 0.365. The molecule has 0 atom stereocenters. The third kappa shape index (κ3) is 2.37. The number of anilines is 1. The zero-order valence-electron chi connectivity index (χ0n) is 8.58. The minimum atomic E-state index is -0.424. The minimum Gasteiger partial charge on any atom is -0.399 e. The van der Waals surface area contributed by atoms with E-state index in [0.717, 1.165) is 17.7 Å². The van der Waals surface area contributed by atoms with Crippen LogP contribution in [0.25, 0.3) is 0 Å². The Morgan fingerprint density at radius 2 is 1.62 bits per heavy atom. The highest BCUT2D eigenvalue weighted by molar-refractivity contribution is 5.40. The van der Waals surface area contributed by atoms with Crippen LogP contribution in [0.5, 0.6) is 0 Å². The third-order valence-corrected chi connectivity index (χ3v) is 2.38. The first-order valence-corrected chi connectivity index (χ1v) is 4.93. The van der Waals surface area contributed by atoms with E-state index in [1.807, 2.05) is 0 Å². The molecule has 0 bridgehead atoms. The van der Waals surface area contributed by atoms with E-state index in [2.05, 4.69) is 0 Å². The SMILES string of the molecule is Nc1ccc(Cc2cc(F)ccc2F)cc1. The molecule has 2 N–H and O–H groups in total. The lowest BCUT2D eigenvalue weighted by molar-refractivity contribution is 0.588. The van der Waals surface area contributed by atoms with E-state index in [4.69, 9.17) is 5.73 Å². The Bertz CT molecular complexity index is 492. The van der Waals surface area contributed by atoms with Gasteiger partial charge in [0.05, 0.1) is 0 Å². The number of nitrogen functional groups attached to an aromatic ring is 1. The quantitative estimate of drug-likeness (QED) is 0.771. The van der Waals surface area contributed by atoms with E-state index < -0.39 is 11.6 Å². The molecule has 0 heterocycles. The lowest BCUT2D eigenvalue weighted by atomic mass is 10.0. The van der Waals surface area contributed by atoms with Crippen molar-refractivity contribution in [3.05, 3.63) is 65.2 Å². The maximum absolute atomic E-state index is 13.3. The van der Waals surface area contributed by atoms with Crippen molar-refractivity contribution in [1.82, 2.24) is 0 Å². The Kier molecular flexibility index (Phi) is 2.86. The molecule has 0 spiro atoms. The average Bonchev–Trinajstić information content (AvgIpc) is 2.27. The zero-order valence-corrected chi connectivity index (χ0v) is 8.58. The smallest absolute Gasteiger partial charge is 0.126 e. The van der Waals surface area contributed by atoms with Crippen molar-refractivity contribution >= 4 is 5.69 Å². The van der Waals surface area contributed by atoms with Crippen molar-refractivity contribution < 1.29 is 8.78 Å². The molecule has 0 saturated carbocycles. The Morgan fingerprint density at radius 3 is 2.31 bits per heavy atom. The number of nitrogens with two attached hydrogens (primary N) is 1. The molecule has 0 aliphatic rings. The largest absolute Gasteiger partial charge is 0.399 e. The Hall–Kier alpha value is -1.90. The van der Waals surface area contributed by atoms with Crippen LogP contribution in [0.1, 0.15) is 11.1 Å². The molecule has 0 aliphatic heterocycles. The minimum absolute atomic E-state index is 0.352. The van der Waals surface area contributed by atoms with Gasteiger partial charge in [-0.25, -0.2) is 8.78 Å². The monoisotopic (exact) mass is 219 g/mol. The number of hydrogen-bond acceptors (Lipinski definition) is 1. The number of hydrogen-bond donors (Lipinski definition) is 1. The van der Waals surface area contributed by atoms with E-state index in [1.165, 1.54) is 6.07 Å². The van der Waals surface area contributed by atoms with Crippen molar-refractivity contribution in [2.75, 3.05) is 5.73 Å². The van der Waals surface area contributed by atoms with E-state index in [0.29, 0.717) is 17.7 Å². The molecule has 0 radical (unpaired) electrons. The van der Waals surface area contributed by atoms with Gasteiger partial charge in [-0.15, -0.1) is 0 Å². The standard InChI is InChI=1S/C13H11F2N/c14-11-3-6-13(15)10(8-11)7-9-1-4-12(16)5-2-9/h1-6,8H,7,16H2. The molecular formula is C13H11F2N. The van der Waals surface area contributed by atoms with Crippen LogP contribution in [0, 0.1) is 11.6 Å². The number of halogens is 2. The van der Waals surface area contributed by atoms with Gasteiger partial charge in [-0.05, 0) is 41.5 Å². The van der Waals surface area contributed by atoms with Crippen molar-refractivity contribution in [2.45, 2.75) is 6.42 Å². The molecule has 0 amide bonds. The molecule has 0 fully saturated rings. The number of benzene rings is 2. The van der Waals surface area contributed by atoms with Crippen LogP contribution >= 0.6 is 0 Å². The van der Waals surface area contributed by atoms with Crippen LogP contribution in [0.4, 0.5) is 14.5 Å². The summed E-state index contributed by atoms with van der Waals surface area (Å²) in [5, 5.41) is 0. The van der Waals surface area contributed by atoms with Gasteiger partial charge < -0.3 is 5.73 Å². The van der Waals surface area contributed by atoms with Gasteiger partial charge in [0.25, 0.3) is 0 Å². The lowest BCUT2D eigenvalue weighted by Gasteiger charge is -2.04. The first-order chi connectivity index (χ1) is 7.65. The van der Waals surface area contributed by atoms with E-state index in [-0.39, 0.29) is 0 Å². The molecule has 0 saturated heterocycles. The normalized spacial score (nSPS) is 10.4. The summed E-state index contributed by atoms with van der Waals surface area (Å²) in [6.45, 7) is 0. The second-order valence-electron chi connectivity index (χ2n) is 3.65. The predicted octanol–water partition coefficient (Wildman–Crippen LogP) is 3.14. The maximum Gasteiger partial charge on any atom is 0.126 e. The first-order valence-electron chi connectivity index (χ1n) is 4.93. The molecule has 16 heavy (non-hydrogen) atoms. The Labute approximate surface area is 92.5 Å². The number of rotatable bonds is 2. The fraction of sp³-hybridized carbons (Fsp3) is 0.0769. The molecule has 0 aliphatic carbocycles. The Morgan fingerprint density at radius 1 is 0.938 bits per heavy atom. The van der Waals surface area contributed by atoms with Crippen LogP contribution in [-0.2, 0) is 6.42 Å². The summed E-state index contributed by atoms with van der Waals surface area (Å²) in [6, 6.07) is 10.6. The van der Waals surface area contributed by atoms with Crippen molar-refractivity contribution in [2.24, 2.45) is 0 Å². The van der Waals surface area contributed by atoms with Gasteiger partial charge in [0.2, 0.25) is 0 Å². The highest BCUT2D eigenvalue weighted by Gasteiger charge is 2.04. The molecule has 2 aromatic rings. The van der Waals surface area contributed by atoms with E-state index in [9.17, 15) is 8.78 Å². The Balaban J connectivity index is 2.26. The predicted molar refractivity (Wildman–Crippen MR) is 60.0 cm³/mol. The van der Waals surface area contributed by atoms with Crippen LogP contribution in [0.2, 0.25) is 0 Å². The van der Waals surface area contributed by atoms with Crippen LogP contribution < -0.4 is 5.73 Å². The molecule has 2 rings (SSSR count). The van der Waals surface area contributed by atoms with Crippen molar-refractivity contribution in [3.63, 3.8) is 0 Å². The lowest BCUT2D eigenvalue weighted by Crippen LogP contribution is -1.94. The fourth-order valence-electron chi connectivity index (χ4n) is 1.53. The summed E-state index contributed by atoms with van der Waals surface area (Å²) in [4.78, 5) is 0. The maximum atomic E-state index is 13.3. The van der Waals surface area contributed by atoms with E-state index >= 15 is 0 Å². The van der Waals surface area contributed by atoms with Crippen LogP contribution in [-0.4, -0.2) is 0 Å². The average molecular weight is 219 g/mol. The molecule has 3 heteroatoms. The fourth-order valence-corrected chi connectivity index (χ4v) is 1.53. The molecule has 2 aromatic carbocycles. The van der Waals surface area contributed by atoms with Gasteiger partial charge in [0.15, 0.2) is 0 Å². The molecule has 0 unspecified atom stereocenters. The van der Waals surface area contributed by atoms with Crippen molar-refractivity contribution in [1.29, 1.82) is 0 Å². The van der Waals surface area contributed by atoms with Crippen molar-refractivity contribution in [3.8, 4) is 0 Å². The summed E-state index contributed by atoms with van der Waals surface area (Å²) < 4.78 is 26.3. The highest BCUT2D eigenvalue weighted by atomic mass is 19.1. The molecule has 82 valence electrons. The highest BCUT2D eigenvalue weighted by Crippen LogP contribution is 2.15. The molecule has 1 nitrogen and oxygen atoms in total. The van der Waals surface area contributed by atoms with Crippen LogP contribution in [0.3, 0.4) is 0 Å².